The molecule has 0 bridgehead atoms. The Morgan fingerprint density at radius 1 is 1.45 bits per heavy atom. The lowest BCUT2D eigenvalue weighted by Gasteiger charge is -2.17. The van der Waals surface area contributed by atoms with Crippen LogP contribution in [0, 0.1) is 18.8 Å². The van der Waals surface area contributed by atoms with Crippen LogP contribution in [0.1, 0.15) is 29.3 Å². The van der Waals surface area contributed by atoms with Gasteiger partial charge in [-0.2, -0.15) is 0 Å². The van der Waals surface area contributed by atoms with Crippen LogP contribution in [0.3, 0.4) is 0 Å². The van der Waals surface area contributed by atoms with Crippen molar-refractivity contribution in [1.82, 2.24) is 4.90 Å². The third kappa shape index (κ3) is 3.19. The lowest BCUT2D eigenvalue weighted by atomic mass is 10.1. The van der Waals surface area contributed by atoms with Crippen LogP contribution in [0.25, 0.3) is 0 Å². The van der Waals surface area contributed by atoms with E-state index in [2.05, 4.69) is 6.92 Å². The molecule has 1 saturated carbocycles. The van der Waals surface area contributed by atoms with E-state index in [0.717, 1.165) is 6.42 Å². The smallest absolute Gasteiger partial charge is 0.253 e. The van der Waals surface area contributed by atoms with Crippen LogP contribution in [-0.2, 0) is 10.0 Å². The predicted molar refractivity (Wildman–Crippen MR) is 76.8 cm³/mol. The van der Waals surface area contributed by atoms with Gasteiger partial charge >= 0.3 is 0 Å². The summed E-state index contributed by atoms with van der Waals surface area (Å²) in [7, 11) is -2.07. The minimum atomic E-state index is -3.81. The first-order chi connectivity index (χ1) is 9.20. The van der Waals surface area contributed by atoms with Crippen molar-refractivity contribution in [3.05, 3.63) is 29.3 Å². The zero-order valence-electron chi connectivity index (χ0n) is 12.0. The lowest BCUT2D eigenvalue weighted by molar-refractivity contribution is 0.0787. The van der Waals surface area contributed by atoms with Crippen molar-refractivity contribution in [1.29, 1.82) is 0 Å². The number of hydrogen-bond acceptors (Lipinski definition) is 3. The molecule has 2 unspecified atom stereocenters. The number of rotatable bonds is 4. The summed E-state index contributed by atoms with van der Waals surface area (Å²) in [5.74, 6) is 1.06. The number of hydrogen-bond donors (Lipinski definition) is 1. The monoisotopic (exact) mass is 296 g/mol. The zero-order valence-corrected chi connectivity index (χ0v) is 12.8. The van der Waals surface area contributed by atoms with Crippen LogP contribution >= 0.6 is 0 Å². The Hall–Kier alpha value is -1.40. The van der Waals surface area contributed by atoms with Gasteiger partial charge in [0.1, 0.15) is 0 Å². The molecule has 1 aromatic carbocycles. The van der Waals surface area contributed by atoms with E-state index < -0.39 is 10.0 Å². The second-order valence-corrected chi connectivity index (χ2v) is 7.21. The standard InChI is InChI=1S/C14H20N2O3S/c1-9-4-5-11(7-13(9)20(15,18)19)14(17)16(3)8-12-6-10(12)2/h4-5,7,10,12H,6,8H2,1-3H3,(H2,15,18,19). The van der Waals surface area contributed by atoms with E-state index in [4.69, 9.17) is 5.14 Å². The number of primary sulfonamides is 1. The molecule has 2 N–H and O–H groups in total. The van der Waals surface area contributed by atoms with Crippen LogP contribution in [0.2, 0.25) is 0 Å². The third-order valence-electron chi connectivity index (χ3n) is 3.87. The molecular weight excluding hydrogens is 276 g/mol. The molecule has 1 aromatic rings. The Bertz CT molecular complexity index is 640. The normalized spacial score (nSPS) is 21.6. The Balaban J connectivity index is 2.22. The summed E-state index contributed by atoms with van der Waals surface area (Å²) < 4.78 is 23.0. The molecule has 0 heterocycles. The van der Waals surface area contributed by atoms with Crippen LogP contribution in [-0.4, -0.2) is 32.8 Å². The molecule has 0 radical (unpaired) electrons. The van der Waals surface area contributed by atoms with Gasteiger partial charge in [-0.1, -0.05) is 13.0 Å². The third-order valence-corrected chi connectivity index (χ3v) is 4.93. The molecule has 20 heavy (non-hydrogen) atoms. The summed E-state index contributed by atoms with van der Waals surface area (Å²) in [5.41, 5.74) is 0.901. The van der Waals surface area contributed by atoms with Gasteiger partial charge in [-0.25, -0.2) is 13.6 Å². The summed E-state index contributed by atoms with van der Waals surface area (Å²) in [6.45, 7) is 4.52. The average Bonchev–Trinajstić information content (AvgIpc) is 3.03. The Labute approximate surface area is 119 Å². The zero-order chi connectivity index (χ0) is 15.1. The summed E-state index contributed by atoms with van der Waals surface area (Å²) in [6, 6.07) is 4.61. The van der Waals surface area contributed by atoms with Gasteiger partial charge in [0.2, 0.25) is 10.0 Å². The van der Waals surface area contributed by atoms with Crippen molar-refractivity contribution in [2.75, 3.05) is 13.6 Å². The number of amides is 1. The van der Waals surface area contributed by atoms with Gasteiger partial charge in [0, 0.05) is 19.2 Å². The van der Waals surface area contributed by atoms with E-state index in [1.54, 1.807) is 31.0 Å². The maximum Gasteiger partial charge on any atom is 0.253 e. The van der Waals surface area contributed by atoms with E-state index in [9.17, 15) is 13.2 Å². The molecule has 1 amide bonds. The first kappa shape index (κ1) is 15.0. The SMILES string of the molecule is Cc1ccc(C(=O)N(C)CC2CC2C)cc1S(N)(=O)=O. The molecule has 1 fully saturated rings. The van der Waals surface area contributed by atoms with Crippen LogP contribution in [0.4, 0.5) is 0 Å². The van der Waals surface area contributed by atoms with E-state index in [1.807, 2.05) is 0 Å². The van der Waals surface area contributed by atoms with Gasteiger partial charge in [-0.15, -0.1) is 0 Å². The molecular formula is C14H20N2O3S. The van der Waals surface area contributed by atoms with Crippen LogP contribution in [0.15, 0.2) is 23.1 Å². The Kier molecular flexibility index (Phi) is 3.88. The number of aryl methyl sites for hydroxylation is 1. The van der Waals surface area contributed by atoms with Crippen LogP contribution in [0.5, 0.6) is 0 Å². The summed E-state index contributed by atoms with van der Waals surface area (Å²) >= 11 is 0. The highest BCUT2D eigenvalue weighted by Gasteiger charge is 2.34. The summed E-state index contributed by atoms with van der Waals surface area (Å²) in [6.07, 6.45) is 1.15. The second-order valence-electron chi connectivity index (χ2n) is 5.68. The highest BCUT2D eigenvalue weighted by Crippen LogP contribution is 2.38. The maximum atomic E-state index is 12.3. The molecule has 1 aliphatic carbocycles. The first-order valence-corrected chi connectivity index (χ1v) is 8.13. The second kappa shape index (κ2) is 5.18. The van der Waals surface area contributed by atoms with Gasteiger partial charge in [-0.05, 0) is 42.9 Å². The van der Waals surface area contributed by atoms with Gasteiger partial charge in [0.05, 0.1) is 4.90 Å². The first-order valence-electron chi connectivity index (χ1n) is 6.59. The van der Waals surface area contributed by atoms with Crippen molar-refractivity contribution in [3.8, 4) is 0 Å². The number of nitrogens with zero attached hydrogens (tertiary/aromatic N) is 1. The fourth-order valence-corrected chi connectivity index (χ4v) is 3.16. The Morgan fingerprint density at radius 3 is 2.55 bits per heavy atom. The highest BCUT2D eigenvalue weighted by molar-refractivity contribution is 7.89. The van der Waals surface area contributed by atoms with Crippen molar-refractivity contribution >= 4 is 15.9 Å². The van der Waals surface area contributed by atoms with Crippen molar-refractivity contribution < 1.29 is 13.2 Å². The number of carbonyl (C=O) groups is 1. The fraction of sp³-hybridized carbons (Fsp3) is 0.500. The van der Waals surface area contributed by atoms with E-state index in [1.165, 1.54) is 6.07 Å². The van der Waals surface area contributed by atoms with Crippen molar-refractivity contribution in [2.45, 2.75) is 25.2 Å². The minimum Gasteiger partial charge on any atom is -0.341 e. The van der Waals surface area contributed by atoms with Gasteiger partial charge < -0.3 is 4.90 Å². The quantitative estimate of drug-likeness (QED) is 0.911. The Morgan fingerprint density at radius 2 is 2.05 bits per heavy atom. The number of sulfonamides is 1. The van der Waals surface area contributed by atoms with Crippen molar-refractivity contribution in [2.24, 2.45) is 17.0 Å². The lowest BCUT2D eigenvalue weighted by Crippen LogP contribution is -2.29. The summed E-state index contributed by atoms with van der Waals surface area (Å²) in [5, 5.41) is 5.16. The molecule has 0 aliphatic heterocycles. The van der Waals surface area contributed by atoms with Gasteiger partial charge in [-0.3, -0.25) is 4.79 Å². The van der Waals surface area contributed by atoms with E-state index >= 15 is 0 Å². The molecule has 110 valence electrons. The van der Waals surface area contributed by atoms with Gasteiger partial charge in [0.25, 0.3) is 5.91 Å². The highest BCUT2D eigenvalue weighted by atomic mass is 32.2. The molecule has 0 aromatic heterocycles. The minimum absolute atomic E-state index is 0.0107. The molecule has 5 nitrogen and oxygen atoms in total. The molecule has 0 saturated heterocycles. The molecule has 0 spiro atoms. The number of benzene rings is 1. The van der Waals surface area contributed by atoms with Gasteiger partial charge in [0.15, 0.2) is 0 Å². The number of nitrogens with two attached hydrogens (primary N) is 1. The van der Waals surface area contributed by atoms with Crippen LogP contribution < -0.4 is 5.14 Å². The van der Waals surface area contributed by atoms with E-state index in [0.29, 0.717) is 29.5 Å². The maximum absolute atomic E-state index is 12.3. The molecule has 2 rings (SSSR count). The molecule has 6 heteroatoms. The number of carbonyl (C=O) groups excluding carboxylic acids is 1. The predicted octanol–water partition coefficient (Wildman–Crippen LogP) is 1.37. The van der Waals surface area contributed by atoms with E-state index in [-0.39, 0.29) is 10.8 Å². The topological polar surface area (TPSA) is 80.5 Å². The largest absolute Gasteiger partial charge is 0.341 e. The van der Waals surface area contributed by atoms with Crippen molar-refractivity contribution in [3.63, 3.8) is 0 Å². The average molecular weight is 296 g/mol. The molecule has 2 atom stereocenters. The summed E-state index contributed by atoms with van der Waals surface area (Å²) in [4.78, 5) is 14.0. The fourth-order valence-electron chi connectivity index (χ4n) is 2.35. The molecule has 1 aliphatic rings.